The second kappa shape index (κ2) is 8.13. The van der Waals surface area contributed by atoms with Crippen LogP contribution in [0.4, 0.5) is 5.69 Å². The predicted octanol–water partition coefficient (Wildman–Crippen LogP) is 4.00. The number of ether oxygens (including phenoxy) is 1. The van der Waals surface area contributed by atoms with E-state index >= 15 is 0 Å². The van der Waals surface area contributed by atoms with Gasteiger partial charge in [0, 0.05) is 17.7 Å². The second-order valence-corrected chi connectivity index (χ2v) is 5.45. The van der Waals surface area contributed by atoms with Crippen molar-refractivity contribution >= 4 is 17.4 Å². The van der Waals surface area contributed by atoms with E-state index in [4.69, 9.17) is 4.74 Å². The molecule has 0 bridgehead atoms. The highest BCUT2D eigenvalue weighted by atomic mass is 16.5. The molecule has 1 amide bonds. The van der Waals surface area contributed by atoms with Crippen molar-refractivity contribution in [3.05, 3.63) is 59.7 Å². The number of ketones is 1. The van der Waals surface area contributed by atoms with Crippen molar-refractivity contribution in [1.82, 2.24) is 0 Å². The van der Waals surface area contributed by atoms with Crippen LogP contribution in [-0.4, -0.2) is 18.3 Å². The zero-order chi connectivity index (χ0) is 16.7. The summed E-state index contributed by atoms with van der Waals surface area (Å²) in [6.45, 7) is 4.00. The van der Waals surface area contributed by atoms with Gasteiger partial charge in [-0.1, -0.05) is 24.3 Å². The zero-order valence-corrected chi connectivity index (χ0v) is 13.5. The van der Waals surface area contributed by atoms with Gasteiger partial charge in [0.1, 0.15) is 5.75 Å². The molecule has 0 heterocycles. The van der Waals surface area contributed by atoms with E-state index in [0.717, 1.165) is 11.3 Å². The maximum absolute atomic E-state index is 11.9. The Morgan fingerprint density at radius 1 is 1.09 bits per heavy atom. The van der Waals surface area contributed by atoms with Gasteiger partial charge in [-0.15, -0.1) is 0 Å². The molecule has 0 unspecified atom stereocenters. The van der Waals surface area contributed by atoms with Crippen LogP contribution in [0.5, 0.6) is 5.75 Å². The molecule has 0 atom stereocenters. The summed E-state index contributed by atoms with van der Waals surface area (Å²) in [7, 11) is 0. The minimum Gasteiger partial charge on any atom is -0.494 e. The molecule has 0 radical (unpaired) electrons. The molecule has 0 aliphatic rings. The van der Waals surface area contributed by atoms with Crippen molar-refractivity contribution in [3.8, 4) is 5.75 Å². The predicted molar refractivity (Wildman–Crippen MR) is 91.0 cm³/mol. The SMILES string of the molecule is CC(=O)c1cccc(NC(=O)CCCOc2cccc(C)c2)c1. The van der Waals surface area contributed by atoms with Crippen LogP contribution in [0.1, 0.15) is 35.7 Å². The van der Waals surface area contributed by atoms with Crippen molar-refractivity contribution in [3.63, 3.8) is 0 Å². The first-order valence-electron chi connectivity index (χ1n) is 7.65. The summed E-state index contributed by atoms with van der Waals surface area (Å²) in [5.74, 6) is 0.714. The molecule has 0 saturated carbocycles. The molecular formula is C19H21NO3. The largest absolute Gasteiger partial charge is 0.494 e. The minimum atomic E-state index is -0.0847. The molecule has 23 heavy (non-hydrogen) atoms. The fourth-order valence-electron chi connectivity index (χ4n) is 2.17. The van der Waals surface area contributed by atoms with Gasteiger partial charge in [-0.3, -0.25) is 9.59 Å². The van der Waals surface area contributed by atoms with Crippen molar-refractivity contribution in [2.24, 2.45) is 0 Å². The first-order valence-corrected chi connectivity index (χ1v) is 7.65. The molecule has 0 aliphatic heterocycles. The lowest BCUT2D eigenvalue weighted by molar-refractivity contribution is -0.116. The lowest BCUT2D eigenvalue weighted by atomic mass is 10.1. The van der Waals surface area contributed by atoms with Gasteiger partial charge in [0.2, 0.25) is 5.91 Å². The normalized spacial score (nSPS) is 10.2. The molecule has 0 aliphatic carbocycles. The molecule has 1 N–H and O–H groups in total. The van der Waals surface area contributed by atoms with Crippen LogP contribution in [0.15, 0.2) is 48.5 Å². The number of aryl methyl sites for hydroxylation is 1. The fourth-order valence-corrected chi connectivity index (χ4v) is 2.17. The Morgan fingerprint density at radius 3 is 2.61 bits per heavy atom. The molecule has 0 fully saturated rings. The van der Waals surface area contributed by atoms with E-state index in [1.54, 1.807) is 24.3 Å². The number of carbonyl (C=O) groups is 2. The average Bonchev–Trinajstić information content (AvgIpc) is 2.52. The van der Waals surface area contributed by atoms with Gasteiger partial charge in [0.15, 0.2) is 5.78 Å². The van der Waals surface area contributed by atoms with Crippen molar-refractivity contribution < 1.29 is 14.3 Å². The van der Waals surface area contributed by atoms with Gasteiger partial charge in [-0.05, 0) is 50.1 Å². The standard InChI is InChI=1S/C19H21NO3/c1-14-6-3-9-18(12-14)23-11-5-10-19(22)20-17-8-4-7-16(13-17)15(2)21/h3-4,6-9,12-13H,5,10-11H2,1-2H3,(H,20,22). The van der Waals surface area contributed by atoms with Crippen molar-refractivity contribution in [2.45, 2.75) is 26.7 Å². The van der Waals surface area contributed by atoms with E-state index in [1.807, 2.05) is 31.2 Å². The molecule has 0 aromatic heterocycles. The highest BCUT2D eigenvalue weighted by Gasteiger charge is 2.05. The number of Topliss-reactive ketones (excluding diaryl/α,β-unsaturated/α-hetero) is 1. The van der Waals surface area contributed by atoms with Gasteiger partial charge in [-0.25, -0.2) is 0 Å². The quantitative estimate of drug-likeness (QED) is 0.621. The molecule has 2 rings (SSSR count). The summed E-state index contributed by atoms with van der Waals surface area (Å²) in [5, 5.41) is 2.80. The van der Waals surface area contributed by atoms with Crippen LogP contribution in [0.3, 0.4) is 0 Å². The van der Waals surface area contributed by atoms with E-state index in [-0.39, 0.29) is 11.7 Å². The molecule has 4 nitrogen and oxygen atoms in total. The minimum absolute atomic E-state index is 0.0207. The topological polar surface area (TPSA) is 55.4 Å². The van der Waals surface area contributed by atoms with E-state index in [1.165, 1.54) is 6.92 Å². The van der Waals surface area contributed by atoms with Gasteiger partial charge < -0.3 is 10.1 Å². The Labute approximate surface area is 136 Å². The van der Waals surface area contributed by atoms with E-state index in [9.17, 15) is 9.59 Å². The molecule has 0 saturated heterocycles. The summed E-state index contributed by atoms with van der Waals surface area (Å²) >= 11 is 0. The Balaban J connectivity index is 1.75. The van der Waals surface area contributed by atoms with Crippen LogP contribution in [-0.2, 0) is 4.79 Å². The van der Waals surface area contributed by atoms with Gasteiger partial charge in [-0.2, -0.15) is 0 Å². The Morgan fingerprint density at radius 2 is 1.87 bits per heavy atom. The van der Waals surface area contributed by atoms with Gasteiger partial charge >= 0.3 is 0 Å². The van der Waals surface area contributed by atoms with Crippen LogP contribution in [0.2, 0.25) is 0 Å². The molecule has 120 valence electrons. The lowest BCUT2D eigenvalue weighted by Gasteiger charge is -2.08. The number of benzene rings is 2. The third kappa shape index (κ3) is 5.58. The highest BCUT2D eigenvalue weighted by molar-refractivity contribution is 5.97. The Bertz CT molecular complexity index is 695. The summed E-state index contributed by atoms with van der Waals surface area (Å²) in [4.78, 5) is 23.2. The fraction of sp³-hybridized carbons (Fsp3) is 0.263. The highest BCUT2D eigenvalue weighted by Crippen LogP contribution is 2.14. The maximum atomic E-state index is 11.9. The first-order chi connectivity index (χ1) is 11.0. The molecule has 2 aromatic rings. The summed E-state index contributed by atoms with van der Waals surface area (Å²) in [6, 6.07) is 14.8. The number of hydrogen-bond acceptors (Lipinski definition) is 3. The van der Waals surface area contributed by atoms with Crippen LogP contribution >= 0.6 is 0 Å². The number of amides is 1. The Kier molecular flexibility index (Phi) is 5.92. The van der Waals surface area contributed by atoms with E-state index < -0.39 is 0 Å². The zero-order valence-electron chi connectivity index (χ0n) is 13.5. The molecular weight excluding hydrogens is 290 g/mol. The summed E-state index contributed by atoms with van der Waals surface area (Å²) in [6.07, 6.45) is 1.00. The van der Waals surface area contributed by atoms with Crippen LogP contribution in [0.25, 0.3) is 0 Å². The van der Waals surface area contributed by atoms with Crippen molar-refractivity contribution in [1.29, 1.82) is 0 Å². The molecule has 4 heteroatoms. The number of nitrogens with one attached hydrogen (secondary N) is 1. The van der Waals surface area contributed by atoms with Crippen molar-refractivity contribution in [2.75, 3.05) is 11.9 Å². The number of carbonyl (C=O) groups excluding carboxylic acids is 2. The van der Waals surface area contributed by atoms with Gasteiger partial charge in [0.25, 0.3) is 0 Å². The number of rotatable bonds is 7. The summed E-state index contributed by atoms with van der Waals surface area (Å²) < 4.78 is 5.61. The van der Waals surface area contributed by atoms with Crippen LogP contribution in [0, 0.1) is 6.92 Å². The Hall–Kier alpha value is -2.62. The first kappa shape index (κ1) is 16.7. The van der Waals surface area contributed by atoms with Crippen LogP contribution < -0.4 is 10.1 Å². The second-order valence-electron chi connectivity index (χ2n) is 5.45. The smallest absolute Gasteiger partial charge is 0.224 e. The molecule has 0 spiro atoms. The van der Waals surface area contributed by atoms with E-state index in [0.29, 0.717) is 30.7 Å². The third-order valence-corrected chi connectivity index (χ3v) is 3.36. The summed E-state index contributed by atoms with van der Waals surface area (Å²) in [5.41, 5.74) is 2.37. The average molecular weight is 311 g/mol. The van der Waals surface area contributed by atoms with E-state index in [2.05, 4.69) is 5.32 Å². The number of anilines is 1. The number of hydrogen-bond donors (Lipinski definition) is 1. The molecule has 2 aromatic carbocycles. The third-order valence-electron chi connectivity index (χ3n) is 3.36. The lowest BCUT2D eigenvalue weighted by Crippen LogP contribution is -2.13. The van der Waals surface area contributed by atoms with Gasteiger partial charge in [0.05, 0.1) is 6.61 Å². The monoisotopic (exact) mass is 311 g/mol. The maximum Gasteiger partial charge on any atom is 0.224 e.